The SMILES string of the molecule is C=C(C)C(=O)BC1C(C)CC2CC(C)CC1C2. The first-order chi connectivity index (χ1) is 7.97. The van der Waals surface area contributed by atoms with E-state index in [0.717, 1.165) is 36.5 Å². The van der Waals surface area contributed by atoms with E-state index in [4.69, 9.17) is 0 Å². The summed E-state index contributed by atoms with van der Waals surface area (Å²) in [5, 5.41) is 0. The molecule has 2 heteroatoms. The van der Waals surface area contributed by atoms with Gasteiger partial charge in [-0.1, -0.05) is 26.2 Å². The van der Waals surface area contributed by atoms with Crippen LogP contribution in [0.1, 0.15) is 46.5 Å². The minimum absolute atomic E-state index is 0.290. The Morgan fingerprint density at radius 2 is 1.88 bits per heavy atom. The molecule has 2 rings (SSSR count). The maximum absolute atomic E-state index is 11.9. The summed E-state index contributed by atoms with van der Waals surface area (Å²) in [6.07, 6.45) is 5.48. The van der Waals surface area contributed by atoms with Crippen molar-refractivity contribution in [1.29, 1.82) is 0 Å². The molecular weight excluding hydrogens is 207 g/mol. The first-order valence-electron chi connectivity index (χ1n) is 7.16. The number of fused-ring (bicyclic) bond motifs is 2. The highest BCUT2D eigenvalue weighted by Crippen LogP contribution is 2.50. The first kappa shape index (κ1) is 12.9. The summed E-state index contributed by atoms with van der Waals surface area (Å²) >= 11 is 0. The predicted octanol–water partition coefficient (Wildman–Crippen LogP) is 3.41. The average molecular weight is 232 g/mol. The third kappa shape index (κ3) is 2.84. The van der Waals surface area contributed by atoms with Crippen LogP contribution in [-0.2, 0) is 4.79 Å². The highest BCUT2D eigenvalue weighted by molar-refractivity contribution is 6.78. The van der Waals surface area contributed by atoms with Crippen LogP contribution < -0.4 is 0 Å². The Labute approximate surface area is 106 Å². The van der Waals surface area contributed by atoms with Crippen molar-refractivity contribution in [2.24, 2.45) is 23.7 Å². The molecule has 2 saturated carbocycles. The summed E-state index contributed by atoms with van der Waals surface area (Å²) in [6, 6.07) is 0. The zero-order chi connectivity index (χ0) is 12.6. The standard InChI is InChI=1S/C15H25BO/c1-9(2)15(17)16-14-11(4)7-12-5-10(3)6-13(14)8-12/h10-14,16H,1,5-8H2,2-4H3. The van der Waals surface area contributed by atoms with Gasteiger partial charge in [-0.05, 0) is 61.9 Å². The molecule has 0 radical (unpaired) electrons. The molecule has 0 aromatic rings. The summed E-state index contributed by atoms with van der Waals surface area (Å²) in [5.41, 5.74) is 1.03. The van der Waals surface area contributed by atoms with E-state index in [1.54, 1.807) is 0 Å². The van der Waals surface area contributed by atoms with E-state index < -0.39 is 0 Å². The fourth-order valence-corrected chi connectivity index (χ4v) is 4.27. The summed E-state index contributed by atoms with van der Waals surface area (Å²) in [6.45, 7) is 10.4. The zero-order valence-electron chi connectivity index (χ0n) is 11.5. The van der Waals surface area contributed by atoms with Crippen molar-refractivity contribution in [3.8, 4) is 0 Å². The summed E-state index contributed by atoms with van der Waals surface area (Å²) < 4.78 is 0. The normalized spacial score (nSPS) is 40.8. The molecule has 5 unspecified atom stereocenters. The van der Waals surface area contributed by atoms with Gasteiger partial charge in [0, 0.05) is 0 Å². The molecule has 2 aliphatic rings. The topological polar surface area (TPSA) is 17.1 Å². The maximum Gasteiger partial charge on any atom is 0.215 e. The highest BCUT2D eigenvalue weighted by atomic mass is 16.1. The molecular formula is C15H25BO. The Kier molecular flexibility index (Phi) is 3.80. The second-order valence-corrected chi connectivity index (χ2v) is 6.72. The van der Waals surface area contributed by atoms with E-state index in [2.05, 4.69) is 20.4 Å². The van der Waals surface area contributed by atoms with Crippen molar-refractivity contribution in [2.45, 2.75) is 52.3 Å². The van der Waals surface area contributed by atoms with Crippen molar-refractivity contribution in [3.63, 3.8) is 0 Å². The molecule has 94 valence electrons. The number of carbonyl (C=O) groups is 1. The molecule has 2 bridgehead atoms. The first-order valence-corrected chi connectivity index (χ1v) is 7.16. The summed E-state index contributed by atoms with van der Waals surface area (Å²) in [7, 11) is 0.751. The quantitative estimate of drug-likeness (QED) is 0.538. The largest absolute Gasteiger partial charge is 0.307 e. The van der Waals surface area contributed by atoms with Crippen molar-refractivity contribution in [1.82, 2.24) is 0 Å². The van der Waals surface area contributed by atoms with Crippen LogP contribution in [-0.4, -0.2) is 13.0 Å². The van der Waals surface area contributed by atoms with Crippen molar-refractivity contribution in [3.05, 3.63) is 12.2 Å². The average Bonchev–Trinajstić information content (AvgIpc) is 2.22. The van der Waals surface area contributed by atoms with Crippen molar-refractivity contribution >= 4 is 13.0 Å². The van der Waals surface area contributed by atoms with Crippen molar-refractivity contribution < 1.29 is 4.79 Å². The second-order valence-electron chi connectivity index (χ2n) is 6.72. The van der Waals surface area contributed by atoms with Gasteiger partial charge in [0.25, 0.3) is 0 Å². The Morgan fingerprint density at radius 1 is 1.18 bits per heavy atom. The van der Waals surface area contributed by atoms with E-state index in [1.165, 1.54) is 25.7 Å². The van der Waals surface area contributed by atoms with Gasteiger partial charge in [-0.15, -0.1) is 0 Å². The van der Waals surface area contributed by atoms with Gasteiger partial charge in [0.2, 0.25) is 7.28 Å². The molecule has 0 heterocycles. The smallest absolute Gasteiger partial charge is 0.215 e. The van der Waals surface area contributed by atoms with E-state index in [1.807, 2.05) is 6.92 Å². The molecule has 17 heavy (non-hydrogen) atoms. The number of carbonyl (C=O) groups excluding carboxylic acids is 1. The van der Waals surface area contributed by atoms with Crippen LogP contribution in [0.15, 0.2) is 12.2 Å². The number of allylic oxidation sites excluding steroid dienone is 1. The van der Waals surface area contributed by atoms with E-state index in [-0.39, 0.29) is 0 Å². The molecule has 0 aromatic heterocycles. The van der Waals surface area contributed by atoms with Gasteiger partial charge in [-0.25, -0.2) is 0 Å². The van der Waals surface area contributed by atoms with E-state index in [9.17, 15) is 4.79 Å². The summed E-state index contributed by atoms with van der Waals surface area (Å²) in [4.78, 5) is 11.9. The Bertz CT molecular complexity index is 319. The molecule has 0 spiro atoms. The van der Waals surface area contributed by atoms with Crippen LogP contribution >= 0.6 is 0 Å². The Morgan fingerprint density at radius 3 is 2.53 bits per heavy atom. The molecule has 1 nitrogen and oxygen atoms in total. The second kappa shape index (κ2) is 5.00. The number of rotatable bonds is 3. The van der Waals surface area contributed by atoms with Gasteiger partial charge in [0.15, 0.2) is 0 Å². The van der Waals surface area contributed by atoms with Crippen LogP contribution in [0.5, 0.6) is 0 Å². The molecule has 0 saturated heterocycles. The molecule has 5 atom stereocenters. The highest BCUT2D eigenvalue weighted by Gasteiger charge is 2.40. The lowest BCUT2D eigenvalue weighted by Gasteiger charge is -2.46. The van der Waals surface area contributed by atoms with Crippen LogP contribution in [0.3, 0.4) is 0 Å². The van der Waals surface area contributed by atoms with Gasteiger partial charge in [0.1, 0.15) is 5.68 Å². The summed E-state index contributed by atoms with van der Waals surface area (Å²) in [5.74, 6) is 3.96. The maximum atomic E-state index is 11.9. The Balaban J connectivity index is 2.05. The van der Waals surface area contributed by atoms with Crippen LogP contribution in [0.25, 0.3) is 0 Å². The van der Waals surface area contributed by atoms with Gasteiger partial charge in [-0.3, -0.25) is 0 Å². The van der Waals surface area contributed by atoms with Crippen LogP contribution in [0, 0.1) is 23.7 Å². The van der Waals surface area contributed by atoms with Gasteiger partial charge in [-0.2, -0.15) is 0 Å². The lowest BCUT2D eigenvalue weighted by atomic mass is 9.45. The van der Waals surface area contributed by atoms with Gasteiger partial charge in [0.05, 0.1) is 0 Å². The molecule has 2 fully saturated rings. The van der Waals surface area contributed by atoms with E-state index in [0.29, 0.717) is 11.5 Å². The molecule has 0 N–H and O–H groups in total. The molecule has 0 aromatic carbocycles. The molecule has 0 amide bonds. The molecule has 2 aliphatic carbocycles. The minimum Gasteiger partial charge on any atom is -0.307 e. The predicted molar refractivity (Wildman–Crippen MR) is 74.5 cm³/mol. The van der Waals surface area contributed by atoms with Gasteiger partial charge >= 0.3 is 0 Å². The fourth-order valence-electron chi connectivity index (χ4n) is 4.27. The lowest BCUT2D eigenvalue weighted by molar-refractivity contribution is -0.109. The van der Waals surface area contributed by atoms with Crippen LogP contribution in [0.2, 0.25) is 5.82 Å². The minimum atomic E-state index is 0.290. The van der Waals surface area contributed by atoms with Gasteiger partial charge < -0.3 is 4.79 Å². The molecule has 0 aliphatic heterocycles. The van der Waals surface area contributed by atoms with E-state index >= 15 is 0 Å². The third-order valence-electron chi connectivity index (χ3n) is 5.02. The monoisotopic (exact) mass is 232 g/mol. The fraction of sp³-hybridized carbons (Fsp3) is 0.800. The zero-order valence-corrected chi connectivity index (χ0v) is 11.5. The Hall–Kier alpha value is -0.525. The number of hydrogen-bond donors (Lipinski definition) is 0. The van der Waals surface area contributed by atoms with Crippen molar-refractivity contribution in [2.75, 3.05) is 0 Å². The lowest BCUT2D eigenvalue weighted by Crippen LogP contribution is -2.38. The van der Waals surface area contributed by atoms with Crippen LogP contribution in [0.4, 0.5) is 0 Å². The number of hydrogen-bond acceptors (Lipinski definition) is 1. The third-order valence-corrected chi connectivity index (χ3v) is 5.02.